The molecule has 1 unspecified atom stereocenters. The van der Waals surface area contributed by atoms with E-state index in [9.17, 15) is 5.11 Å². The topological polar surface area (TPSA) is 38.0 Å². The van der Waals surface area contributed by atoms with Crippen LogP contribution in [-0.4, -0.2) is 14.7 Å². The van der Waals surface area contributed by atoms with Crippen molar-refractivity contribution in [1.82, 2.24) is 9.55 Å². The van der Waals surface area contributed by atoms with E-state index in [-0.39, 0.29) is 6.10 Å². The molecule has 0 radical (unpaired) electrons. The van der Waals surface area contributed by atoms with Gasteiger partial charge in [-0.15, -0.1) is 0 Å². The number of rotatable bonds is 2. The molecule has 1 aromatic heterocycles. The molecule has 2 heterocycles. The Morgan fingerprint density at radius 2 is 2.33 bits per heavy atom. The van der Waals surface area contributed by atoms with Crippen LogP contribution in [0.5, 0.6) is 0 Å². The van der Waals surface area contributed by atoms with Crippen molar-refractivity contribution in [2.75, 3.05) is 0 Å². The van der Waals surface area contributed by atoms with E-state index in [0.717, 1.165) is 41.9 Å². The molecule has 2 rings (SSSR count). The Morgan fingerprint density at radius 1 is 1.60 bits per heavy atom. The molecule has 0 aliphatic carbocycles. The second-order valence-corrected chi connectivity index (χ2v) is 5.36. The first-order chi connectivity index (χ1) is 7.09. The summed E-state index contributed by atoms with van der Waals surface area (Å²) in [5, 5.41) is 9.90. The molecule has 0 saturated heterocycles. The lowest BCUT2D eigenvalue weighted by Gasteiger charge is -2.22. The van der Waals surface area contributed by atoms with Crippen molar-refractivity contribution in [3.63, 3.8) is 0 Å². The van der Waals surface area contributed by atoms with Crippen LogP contribution in [-0.2, 0) is 13.0 Å². The van der Waals surface area contributed by atoms with Gasteiger partial charge in [0.15, 0.2) is 0 Å². The normalized spacial score (nSPS) is 20.7. The molecular formula is C11H17BrN2O. The zero-order valence-corrected chi connectivity index (χ0v) is 10.8. The molecule has 1 aliphatic heterocycles. The maximum atomic E-state index is 9.90. The van der Waals surface area contributed by atoms with Crippen LogP contribution in [0.4, 0.5) is 0 Å². The highest BCUT2D eigenvalue weighted by molar-refractivity contribution is 9.10. The van der Waals surface area contributed by atoms with Gasteiger partial charge in [-0.25, -0.2) is 4.98 Å². The zero-order valence-electron chi connectivity index (χ0n) is 9.20. The van der Waals surface area contributed by atoms with Gasteiger partial charge in [0.05, 0.1) is 11.8 Å². The molecule has 0 spiro atoms. The van der Waals surface area contributed by atoms with E-state index in [0.29, 0.717) is 5.92 Å². The number of aromatic nitrogens is 2. The highest BCUT2D eigenvalue weighted by Gasteiger charge is 2.25. The summed E-state index contributed by atoms with van der Waals surface area (Å²) >= 11 is 3.44. The second-order valence-electron chi connectivity index (χ2n) is 4.61. The molecule has 0 saturated carbocycles. The van der Waals surface area contributed by atoms with E-state index in [1.165, 1.54) is 0 Å². The number of halogens is 1. The second kappa shape index (κ2) is 4.26. The van der Waals surface area contributed by atoms with Gasteiger partial charge in [-0.2, -0.15) is 0 Å². The minimum absolute atomic E-state index is 0.346. The maximum Gasteiger partial charge on any atom is 0.130 e. The lowest BCUT2D eigenvalue weighted by atomic mass is 10.1. The Labute approximate surface area is 98.6 Å². The SMILES string of the molecule is CC(C)Cc1nc(Br)c2n1CCCC2O. The largest absolute Gasteiger partial charge is 0.387 e. The molecule has 0 aromatic carbocycles. The number of aliphatic hydroxyl groups is 1. The molecule has 0 fully saturated rings. The predicted molar refractivity (Wildman–Crippen MR) is 62.7 cm³/mol. The molecule has 1 N–H and O–H groups in total. The smallest absolute Gasteiger partial charge is 0.130 e. The molecule has 1 atom stereocenters. The highest BCUT2D eigenvalue weighted by Crippen LogP contribution is 2.32. The Hall–Kier alpha value is -0.350. The maximum absolute atomic E-state index is 9.90. The Morgan fingerprint density at radius 3 is 3.00 bits per heavy atom. The molecule has 1 aromatic rings. The van der Waals surface area contributed by atoms with Gasteiger partial charge in [-0.05, 0) is 34.7 Å². The van der Waals surface area contributed by atoms with Gasteiger partial charge >= 0.3 is 0 Å². The Balaban J connectivity index is 2.37. The van der Waals surface area contributed by atoms with Crippen molar-refractivity contribution in [2.45, 2.75) is 45.8 Å². The fraction of sp³-hybridized carbons (Fsp3) is 0.727. The van der Waals surface area contributed by atoms with Crippen LogP contribution in [0.3, 0.4) is 0 Å². The minimum Gasteiger partial charge on any atom is -0.387 e. The van der Waals surface area contributed by atoms with E-state index in [1.807, 2.05) is 0 Å². The summed E-state index contributed by atoms with van der Waals surface area (Å²) in [4.78, 5) is 4.50. The third-order valence-corrected chi connectivity index (χ3v) is 3.39. The number of hydrogen-bond acceptors (Lipinski definition) is 2. The van der Waals surface area contributed by atoms with Crippen LogP contribution >= 0.6 is 15.9 Å². The van der Waals surface area contributed by atoms with Crippen molar-refractivity contribution >= 4 is 15.9 Å². The Bertz CT molecular complexity index is 360. The van der Waals surface area contributed by atoms with E-state index >= 15 is 0 Å². The fourth-order valence-corrected chi connectivity index (χ4v) is 2.83. The van der Waals surface area contributed by atoms with Gasteiger partial charge in [0.25, 0.3) is 0 Å². The number of imidazole rings is 1. The predicted octanol–water partition coefficient (Wildman–Crippen LogP) is 2.67. The summed E-state index contributed by atoms with van der Waals surface area (Å²) in [6.45, 7) is 5.37. The number of fused-ring (bicyclic) bond motifs is 1. The molecule has 15 heavy (non-hydrogen) atoms. The van der Waals surface area contributed by atoms with Gasteiger partial charge < -0.3 is 9.67 Å². The zero-order chi connectivity index (χ0) is 11.0. The summed E-state index contributed by atoms with van der Waals surface area (Å²) < 4.78 is 3.00. The van der Waals surface area contributed by atoms with Crippen LogP contribution in [0.1, 0.15) is 44.3 Å². The Kier molecular flexibility index (Phi) is 3.16. The van der Waals surface area contributed by atoms with Crippen molar-refractivity contribution < 1.29 is 5.11 Å². The van der Waals surface area contributed by atoms with Gasteiger partial charge in [-0.3, -0.25) is 0 Å². The fourth-order valence-electron chi connectivity index (χ4n) is 2.15. The first-order valence-corrected chi connectivity index (χ1v) is 6.31. The van der Waals surface area contributed by atoms with Gasteiger partial charge in [-0.1, -0.05) is 13.8 Å². The summed E-state index contributed by atoms with van der Waals surface area (Å²) in [5.41, 5.74) is 0.969. The van der Waals surface area contributed by atoms with Gasteiger partial charge in [0.2, 0.25) is 0 Å². The summed E-state index contributed by atoms with van der Waals surface area (Å²) in [6.07, 6.45) is 2.53. The third-order valence-electron chi connectivity index (χ3n) is 2.81. The van der Waals surface area contributed by atoms with Crippen molar-refractivity contribution in [1.29, 1.82) is 0 Å². The number of nitrogens with zero attached hydrogens (tertiary/aromatic N) is 2. The van der Waals surface area contributed by atoms with E-state index in [1.54, 1.807) is 0 Å². The van der Waals surface area contributed by atoms with E-state index in [2.05, 4.69) is 39.3 Å². The number of hydrogen-bond donors (Lipinski definition) is 1. The molecule has 4 heteroatoms. The van der Waals surface area contributed by atoms with Crippen LogP contribution in [0, 0.1) is 5.92 Å². The molecular weight excluding hydrogens is 256 g/mol. The molecule has 0 bridgehead atoms. The van der Waals surface area contributed by atoms with Crippen molar-refractivity contribution in [2.24, 2.45) is 5.92 Å². The average molecular weight is 273 g/mol. The average Bonchev–Trinajstić information content (AvgIpc) is 2.44. The van der Waals surface area contributed by atoms with E-state index in [4.69, 9.17) is 0 Å². The van der Waals surface area contributed by atoms with Crippen molar-refractivity contribution in [3.05, 3.63) is 16.1 Å². The summed E-state index contributed by atoms with van der Waals surface area (Å²) in [5.74, 6) is 1.70. The molecule has 84 valence electrons. The monoisotopic (exact) mass is 272 g/mol. The summed E-state index contributed by atoms with van der Waals surface area (Å²) in [7, 11) is 0. The standard InChI is InChI=1S/C11H17BrN2O/c1-7(2)6-9-13-11(12)10-8(15)4-3-5-14(9)10/h7-8,15H,3-6H2,1-2H3. The quantitative estimate of drug-likeness (QED) is 0.899. The van der Waals surface area contributed by atoms with E-state index < -0.39 is 0 Å². The summed E-state index contributed by atoms with van der Waals surface area (Å²) in [6, 6.07) is 0. The molecule has 1 aliphatic rings. The highest BCUT2D eigenvalue weighted by atomic mass is 79.9. The van der Waals surface area contributed by atoms with Crippen molar-refractivity contribution in [3.8, 4) is 0 Å². The third kappa shape index (κ3) is 2.11. The first kappa shape index (κ1) is 11.1. The number of aliphatic hydroxyl groups excluding tert-OH is 1. The minimum atomic E-state index is -0.346. The lowest BCUT2D eigenvalue weighted by Crippen LogP contribution is -2.17. The molecule has 3 nitrogen and oxygen atoms in total. The van der Waals surface area contributed by atoms with Crippen LogP contribution < -0.4 is 0 Å². The van der Waals surface area contributed by atoms with Crippen LogP contribution in [0.15, 0.2) is 4.60 Å². The molecule has 0 amide bonds. The first-order valence-electron chi connectivity index (χ1n) is 5.52. The van der Waals surface area contributed by atoms with Crippen LogP contribution in [0.25, 0.3) is 0 Å². The van der Waals surface area contributed by atoms with Crippen LogP contribution in [0.2, 0.25) is 0 Å². The lowest BCUT2D eigenvalue weighted by molar-refractivity contribution is 0.137. The van der Waals surface area contributed by atoms with Gasteiger partial charge in [0, 0.05) is 13.0 Å². The van der Waals surface area contributed by atoms with Gasteiger partial charge in [0.1, 0.15) is 10.4 Å².